The molecule has 0 bridgehead atoms. The van der Waals surface area contributed by atoms with E-state index in [-0.39, 0.29) is 4.84 Å². The molecule has 116 valence electrons. The van der Waals surface area contributed by atoms with E-state index >= 15 is 0 Å². The minimum absolute atomic E-state index is 0.246. The molecule has 1 aromatic heterocycles. The Morgan fingerprint density at radius 1 is 1.00 bits per heavy atom. The number of hydrogen-bond acceptors (Lipinski definition) is 4. The average Bonchev–Trinajstić information content (AvgIpc) is 2.97. The quantitative estimate of drug-likeness (QED) is 0.578. The van der Waals surface area contributed by atoms with Crippen molar-refractivity contribution in [2.24, 2.45) is 0 Å². The highest BCUT2D eigenvalue weighted by molar-refractivity contribution is 7.80. The summed E-state index contributed by atoms with van der Waals surface area (Å²) in [6.07, 6.45) is 0. The molecule has 3 rings (SSSR count). The summed E-state index contributed by atoms with van der Waals surface area (Å²) in [4.78, 5) is 0.246. The molecule has 0 unspecified atom stereocenters. The van der Waals surface area contributed by atoms with E-state index in [1.165, 1.54) is 0 Å². The lowest BCUT2D eigenvalue weighted by Crippen LogP contribution is -2.18. The number of aromatic nitrogens is 2. The molecule has 5 nitrogen and oxygen atoms in total. The van der Waals surface area contributed by atoms with Gasteiger partial charge >= 0.3 is 0 Å². The fraction of sp³-hybridized carbons (Fsp3) is 0. The number of H-pyrrole nitrogens is 1. The van der Waals surface area contributed by atoms with Crippen molar-refractivity contribution in [2.75, 3.05) is 10.6 Å². The fourth-order valence-electron chi connectivity index (χ4n) is 1.88. The van der Waals surface area contributed by atoms with Gasteiger partial charge in [0.1, 0.15) is 0 Å². The maximum absolute atomic E-state index is 5.85. The zero-order chi connectivity index (χ0) is 16.2. The van der Waals surface area contributed by atoms with E-state index in [1.807, 2.05) is 36.4 Å². The molecule has 8 heteroatoms. The summed E-state index contributed by atoms with van der Waals surface area (Å²) in [7, 11) is 0. The van der Waals surface area contributed by atoms with Crippen LogP contribution in [-0.4, -0.2) is 15.3 Å². The number of nitrogens with one attached hydrogen (secondary N) is 3. The number of halogens is 1. The van der Waals surface area contributed by atoms with Gasteiger partial charge in [0.05, 0.1) is 0 Å². The van der Waals surface area contributed by atoms with Crippen LogP contribution in [0.5, 0.6) is 0 Å². The highest BCUT2D eigenvalue weighted by atomic mass is 35.5. The van der Waals surface area contributed by atoms with E-state index in [0.717, 1.165) is 16.9 Å². The molecule has 0 fully saturated rings. The molecule has 0 amide bonds. The molecule has 3 N–H and O–H groups in total. The topological polar surface area (TPSA) is 65.9 Å². The van der Waals surface area contributed by atoms with E-state index in [2.05, 4.69) is 20.8 Å². The van der Waals surface area contributed by atoms with Crippen molar-refractivity contribution in [3.05, 3.63) is 58.4 Å². The van der Waals surface area contributed by atoms with E-state index in [9.17, 15) is 0 Å². The van der Waals surface area contributed by atoms with E-state index in [0.29, 0.717) is 16.0 Å². The van der Waals surface area contributed by atoms with Crippen molar-refractivity contribution in [3.63, 3.8) is 0 Å². The maximum Gasteiger partial charge on any atom is 0.284 e. The van der Waals surface area contributed by atoms with Gasteiger partial charge in [-0.1, -0.05) is 11.6 Å². The van der Waals surface area contributed by atoms with Crippen LogP contribution in [0.4, 0.5) is 11.4 Å². The van der Waals surface area contributed by atoms with Crippen LogP contribution >= 0.6 is 36.0 Å². The van der Waals surface area contributed by atoms with Gasteiger partial charge in [-0.25, -0.2) is 5.10 Å². The Morgan fingerprint density at radius 2 is 1.57 bits per heavy atom. The summed E-state index contributed by atoms with van der Waals surface area (Å²) in [5.41, 5.74) is 2.52. The molecule has 0 aliphatic heterocycles. The number of thiocarbonyl (C=S) groups is 1. The van der Waals surface area contributed by atoms with Crippen LogP contribution in [0.3, 0.4) is 0 Å². The Hall–Kier alpha value is -2.22. The summed E-state index contributed by atoms with van der Waals surface area (Å²) >= 11 is 16.0. The lowest BCUT2D eigenvalue weighted by Gasteiger charge is -2.10. The Balaban J connectivity index is 1.64. The van der Waals surface area contributed by atoms with E-state index < -0.39 is 0 Å². The molecule has 1 heterocycles. The first kappa shape index (κ1) is 15.7. The average molecular weight is 363 g/mol. The van der Waals surface area contributed by atoms with Crippen molar-refractivity contribution < 1.29 is 4.42 Å². The molecular formula is C15H11ClN4OS2. The molecule has 0 aliphatic rings. The lowest BCUT2D eigenvalue weighted by atomic mass is 10.2. The molecule has 0 radical (unpaired) electrons. The Morgan fingerprint density at radius 3 is 2.09 bits per heavy atom. The second-order valence-electron chi connectivity index (χ2n) is 4.58. The van der Waals surface area contributed by atoms with Crippen molar-refractivity contribution in [1.29, 1.82) is 0 Å². The predicted octanol–water partition coefficient (Wildman–Crippen LogP) is 4.86. The van der Waals surface area contributed by atoms with Gasteiger partial charge < -0.3 is 15.1 Å². The van der Waals surface area contributed by atoms with E-state index in [4.69, 9.17) is 40.5 Å². The van der Waals surface area contributed by atoms with E-state index in [1.54, 1.807) is 12.1 Å². The zero-order valence-electron chi connectivity index (χ0n) is 11.7. The molecule has 3 aromatic rings. The normalized spacial score (nSPS) is 10.3. The number of hydrogen-bond donors (Lipinski definition) is 3. The molecule has 0 aliphatic carbocycles. The van der Waals surface area contributed by atoms with Crippen LogP contribution in [0.25, 0.3) is 11.5 Å². The predicted molar refractivity (Wildman–Crippen MR) is 98.4 cm³/mol. The minimum atomic E-state index is 0.246. The summed E-state index contributed by atoms with van der Waals surface area (Å²) in [5, 5.41) is 13.9. The highest BCUT2D eigenvalue weighted by Crippen LogP contribution is 2.20. The minimum Gasteiger partial charge on any atom is -0.409 e. The Labute approximate surface area is 147 Å². The van der Waals surface area contributed by atoms with Gasteiger partial charge in [0.2, 0.25) is 5.89 Å². The Bertz CT molecular complexity index is 871. The summed E-state index contributed by atoms with van der Waals surface area (Å²) < 4.78 is 5.26. The third kappa shape index (κ3) is 4.16. The van der Waals surface area contributed by atoms with Crippen LogP contribution in [0.15, 0.2) is 52.9 Å². The van der Waals surface area contributed by atoms with Gasteiger partial charge in [-0.2, -0.15) is 0 Å². The van der Waals surface area contributed by atoms with Crippen LogP contribution in [-0.2, 0) is 0 Å². The van der Waals surface area contributed by atoms with Gasteiger partial charge in [0.25, 0.3) is 4.84 Å². The second kappa shape index (κ2) is 6.91. The van der Waals surface area contributed by atoms with Crippen LogP contribution in [0.1, 0.15) is 0 Å². The van der Waals surface area contributed by atoms with Crippen LogP contribution in [0.2, 0.25) is 5.02 Å². The first-order chi connectivity index (χ1) is 11.1. The zero-order valence-corrected chi connectivity index (χ0v) is 14.1. The second-order valence-corrected chi connectivity index (χ2v) is 5.80. The molecule has 0 atom stereocenters. The largest absolute Gasteiger partial charge is 0.409 e. The smallest absolute Gasteiger partial charge is 0.284 e. The Kier molecular flexibility index (Phi) is 4.71. The lowest BCUT2D eigenvalue weighted by molar-refractivity contribution is 0.552. The van der Waals surface area contributed by atoms with Crippen molar-refractivity contribution in [1.82, 2.24) is 10.2 Å². The third-order valence-electron chi connectivity index (χ3n) is 2.93. The van der Waals surface area contributed by atoms with Gasteiger partial charge in [-0.15, -0.1) is 5.10 Å². The maximum atomic E-state index is 5.85. The molecule has 23 heavy (non-hydrogen) atoms. The number of rotatable bonds is 3. The van der Waals surface area contributed by atoms with Crippen molar-refractivity contribution >= 4 is 52.5 Å². The summed E-state index contributed by atoms with van der Waals surface area (Å²) in [5.74, 6) is 0.448. The van der Waals surface area contributed by atoms with Crippen LogP contribution < -0.4 is 10.6 Å². The van der Waals surface area contributed by atoms with Gasteiger partial charge in [-0.05, 0) is 73.0 Å². The van der Waals surface area contributed by atoms with Gasteiger partial charge in [0, 0.05) is 22.0 Å². The highest BCUT2D eigenvalue weighted by Gasteiger charge is 2.04. The fourth-order valence-corrected chi connectivity index (χ4v) is 2.36. The number of nitrogens with zero attached hydrogens (tertiary/aromatic N) is 1. The van der Waals surface area contributed by atoms with Gasteiger partial charge in [-0.3, -0.25) is 0 Å². The summed E-state index contributed by atoms with van der Waals surface area (Å²) in [6, 6.07) is 14.8. The first-order valence-electron chi connectivity index (χ1n) is 6.60. The summed E-state index contributed by atoms with van der Waals surface area (Å²) in [6.45, 7) is 0. The molecule has 0 spiro atoms. The molecule has 0 saturated heterocycles. The number of aromatic amines is 1. The van der Waals surface area contributed by atoms with Gasteiger partial charge in [0.15, 0.2) is 5.11 Å². The number of anilines is 2. The molecule has 0 saturated carbocycles. The monoisotopic (exact) mass is 362 g/mol. The molecular weight excluding hydrogens is 352 g/mol. The SMILES string of the molecule is S=C(Nc1ccc(Cl)cc1)Nc1ccc(-c2n[nH]c(=S)o2)cc1. The third-order valence-corrected chi connectivity index (χ3v) is 3.56. The van der Waals surface area contributed by atoms with Crippen molar-refractivity contribution in [2.45, 2.75) is 0 Å². The standard InChI is InChI=1S/C15H11ClN4OS2/c16-10-3-7-12(8-4-10)18-14(22)17-11-5-1-9(2-6-11)13-19-20-15(23)21-13/h1-8H,(H,20,23)(H2,17,18,22). The first-order valence-corrected chi connectivity index (χ1v) is 7.79. The molecule has 2 aromatic carbocycles. The van der Waals surface area contributed by atoms with Crippen LogP contribution in [0, 0.1) is 4.84 Å². The van der Waals surface area contributed by atoms with Crippen molar-refractivity contribution in [3.8, 4) is 11.5 Å². The number of benzene rings is 2.